The van der Waals surface area contributed by atoms with Crippen molar-refractivity contribution >= 4 is 22.9 Å². The van der Waals surface area contributed by atoms with Crippen LogP contribution in [-0.2, 0) is 6.42 Å². The smallest absolute Gasteiger partial charge is 0.0931 e. The molecule has 0 amide bonds. The quantitative estimate of drug-likeness (QED) is 0.911. The van der Waals surface area contributed by atoms with Crippen LogP contribution in [0.25, 0.3) is 0 Å². The van der Waals surface area contributed by atoms with Crippen LogP contribution in [0, 0.1) is 0 Å². The standard InChI is InChI=1S/C13H22ClN3S/c1-15-11(8-10-4-5-13(14)18-10)12-9-16(2)6-7-17(12)3/h4-5,11-12,15H,6-9H2,1-3H3. The lowest BCUT2D eigenvalue weighted by atomic mass is 10.0. The second-order valence-electron chi connectivity index (χ2n) is 5.12. The second-order valence-corrected chi connectivity index (χ2v) is 6.91. The molecule has 2 unspecified atom stereocenters. The van der Waals surface area contributed by atoms with E-state index in [1.807, 2.05) is 6.07 Å². The highest BCUT2D eigenvalue weighted by atomic mass is 35.5. The molecular weight excluding hydrogens is 266 g/mol. The van der Waals surface area contributed by atoms with Crippen molar-refractivity contribution in [1.29, 1.82) is 0 Å². The highest BCUT2D eigenvalue weighted by Gasteiger charge is 2.29. The van der Waals surface area contributed by atoms with Gasteiger partial charge in [0.05, 0.1) is 4.34 Å². The predicted octanol–water partition coefficient (Wildman–Crippen LogP) is 1.78. The highest BCUT2D eigenvalue weighted by Crippen LogP contribution is 2.24. The summed E-state index contributed by atoms with van der Waals surface area (Å²) in [4.78, 5) is 6.24. The van der Waals surface area contributed by atoms with Crippen LogP contribution < -0.4 is 5.32 Å². The van der Waals surface area contributed by atoms with Gasteiger partial charge in [-0.2, -0.15) is 0 Å². The molecular formula is C13H22ClN3S. The molecule has 1 aromatic heterocycles. The molecule has 18 heavy (non-hydrogen) atoms. The Hall–Kier alpha value is -0.130. The van der Waals surface area contributed by atoms with Crippen LogP contribution in [0.1, 0.15) is 4.88 Å². The third-order valence-corrected chi connectivity index (χ3v) is 5.04. The molecule has 102 valence electrons. The highest BCUT2D eigenvalue weighted by molar-refractivity contribution is 7.16. The molecule has 1 aromatic rings. The van der Waals surface area contributed by atoms with Crippen LogP contribution in [0.3, 0.4) is 0 Å². The Morgan fingerprint density at radius 2 is 2.22 bits per heavy atom. The molecule has 2 rings (SSSR count). The van der Waals surface area contributed by atoms with Gasteiger partial charge in [-0.1, -0.05) is 11.6 Å². The lowest BCUT2D eigenvalue weighted by molar-refractivity contribution is 0.0899. The van der Waals surface area contributed by atoms with Crippen LogP contribution in [0.4, 0.5) is 0 Å². The molecule has 5 heteroatoms. The summed E-state index contributed by atoms with van der Waals surface area (Å²) >= 11 is 7.69. The van der Waals surface area contributed by atoms with Crippen LogP contribution in [0.15, 0.2) is 12.1 Å². The molecule has 1 N–H and O–H groups in total. The maximum atomic E-state index is 6.00. The van der Waals surface area contributed by atoms with Crippen molar-refractivity contribution in [2.24, 2.45) is 0 Å². The van der Waals surface area contributed by atoms with Crippen molar-refractivity contribution in [3.8, 4) is 0 Å². The summed E-state index contributed by atoms with van der Waals surface area (Å²) < 4.78 is 0.883. The van der Waals surface area contributed by atoms with Gasteiger partial charge in [-0.05, 0) is 39.7 Å². The fourth-order valence-corrected chi connectivity index (χ4v) is 3.73. The number of hydrogen-bond acceptors (Lipinski definition) is 4. The van der Waals surface area contributed by atoms with Gasteiger partial charge in [-0.15, -0.1) is 11.3 Å². The summed E-state index contributed by atoms with van der Waals surface area (Å²) in [6.45, 7) is 3.43. The Kier molecular flexibility index (Phi) is 5.04. The first-order valence-corrected chi connectivity index (χ1v) is 7.60. The van der Waals surface area contributed by atoms with E-state index in [4.69, 9.17) is 11.6 Å². The molecule has 1 aliphatic heterocycles. The first kappa shape index (κ1) is 14.3. The topological polar surface area (TPSA) is 18.5 Å². The lowest BCUT2D eigenvalue weighted by Gasteiger charge is -2.41. The van der Waals surface area contributed by atoms with Gasteiger partial charge in [0.25, 0.3) is 0 Å². The second kappa shape index (κ2) is 6.35. The minimum absolute atomic E-state index is 0.479. The van der Waals surface area contributed by atoms with Crippen molar-refractivity contribution in [2.45, 2.75) is 18.5 Å². The Bertz CT molecular complexity index is 382. The molecule has 3 nitrogen and oxygen atoms in total. The summed E-state index contributed by atoms with van der Waals surface area (Å²) in [6, 6.07) is 5.18. The monoisotopic (exact) mass is 287 g/mol. The Labute approximate surface area is 119 Å². The SMILES string of the molecule is CNC(Cc1ccc(Cl)s1)C1CN(C)CCN1C. The van der Waals surface area contributed by atoms with E-state index in [-0.39, 0.29) is 0 Å². The molecule has 0 aliphatic carbocycles. The molecule has 0 saturated carbocycles. The van der Waals surface area contributed by atoms with E-state index in [2.05, 4.69) is 42.3 Å². The molecule has 1 fully saturated rings. The number of hydrogen-bond donors (Lipinski definition) is 1. The molecule has 1 saturated heterocycles. The van der Waals surface area contributed by atoms with Crippen LogP contribution in [-0.4, -0.2) is 62.7 Å². The lowest BCUT2D eigenvalue weighted by Crippen LogP contribution is -2.58. The predicted molar refractivity (Wildman–Crippen MR) is 79.8 cm³/mol. The molecule has 2 atom stereocenters. The largest absolute Gasteiger partial charge is 0.315 e. The average Bonchev–Trinajstić information content (AvgIpc) is 2.75. The number of halogens is 1. The van der Waals surface area contributed by atoms with Crippen molar-refractivity contribution < 1.29 is 0 Å². The zero-order valence-electron chi connectivity index (χ0n) is 11.3. The molecule has 1 aliphatic rings. The number of piperazine rings is 1. The summed E-state index contributed by atoms with van der Waals surface area (Å²) in [7, 11) is 6.49. The first-order chi connectivity index (χ1) is 8.60. The van der Waals surface area contributed by atoms with Gasteiger partial charge >= 0.3 is 0 Å². The fourth-order valence-electron chi connectivity index (χ4n) is 2.59. The van der Waals surface area contributed by atoms with Crippen LogP contribution in [0.2, 0.25) is 4.34 Å². The van der Waals surface area contributed by atoms with E-state index in [0.717, 1.165) is 30.4 Å². The van der Waals surface area contributed by atoms with Crippen molar-refractivity contribution in [2.75, 3.05) is 40.8 Å². The Balaban J connectivity index is 2.02. The van der Waals surface area contributed by atoms with Crippen LogP contribution in [0.5, 0.6) is 0 Å². The fraction of sp³-hybridized carbons (Fsp3) is 0.692. The molecule has 0 aromatic carbocycles. The van der Waals surface area contributed by atoms with Gasteiger partial charge < -0.3 is 10.2 Å². The summed E-state index contributed by atoms with van der Waals surface area (Å²) in [5, 5.41) is 3.48. The maximum absolute atomic E-state index is 6.00. The number of rotatable bonds is 4. The minimum atomic E-state index is 0.479. The molecule has 2 heterocycles. The van der Waals surface area contributed by atoms with Gasteiger partial charge in [0.1, 0.15) is 0 Å². The summed E-state index contributed by atoms with van der Waals surface area (Å²) in [5.74, 6) is 0. The zero-order valence-corrected chi connectivity index (χ0v) is 12.9. The van der Waals surface area contributed by atoms with E-state index in [1.165, 1.54) is 4.88 Å². The third kappa shape index (κ3) is 3.45. The van der Waals surface area contributed by atoms with Gasteiger partial charge in [-0.25, -0.2) is 0 Å². The van der Waals surface area contributed by atoms with Crippen LogP contribution >= 0.6 is 22.9 Å². The van der Waals surface area contributed by atoms with Gasteiger partial charge in [0.2, 0.25) is 0 Å². The van der Waals surface area contributed by atoms with Crippen molar-refractivity contribution in [3.63, 3.8) is 0 Å². The van der Waals surface area contributed by atoms with E-state index in [0.29, 0.717) is 12.1 Å². The molecule has 0 spiro atoms. The molecule has 0 bridgehead atoms. The first-order valence-electron chi connectivity index (χ1n) is 6.40. The minimum Gasteiger partial charge on any atom is -0.315 e. The number of likely N-dealkylation sites (N-methyl/N-ethyl adjacent to an activating group) is 3. The van der Waals surface area contributed by atoms with E-state index in [1.54, 1.807) is 11.3 Å². The number of thiophene rings is 1. The van der Waals surface area contributed by atoms with Gasteiger partial charge in [0.15, 0.2) is 0 Å². The van der Waals surface area contributed by atoms with Crippen molar-refractivity contribution in [3.05, 3.63) is 21.3 Å². The average molecular weight is 288 g/mol. The van der Waals surface area contributed by atoms with E-state index < -0.39 is 0 Å². The number of nitrogens with one attached hydrogen (secondary N) is 1. The third-order valence-electron chi connectivity index (χ3n) is 3.78. The molecule has 0 radical (unpaired) electrons. The van der Waals surface area contributed by atoms with Gasteiger partial charge in [-0.3, -0.25) is 4.90 Å². The maximum Gasteiger partial charge on any atom is 0.0931 e. The van der Waals surface area contributed by atoms with Crippen molar-refractivity contribution in [1.82, 2.24) is 15.1 Å². The normalized spacial score (nSPS) is 24.3. The Morgan fingerprint density at radius 3 is 2.83 bits per heavy atom. The van der Waals surface area contributed by atoms with Gasteiger partial charge in [0, 0.05) is 36.6 Å². The number of nitrogens with zero attached hydrogens (tertiary/aromatic N) is 2. The van der Waals surface area contributed by atoms with E-state index in [9.17, 15) is 0 Å². The Morgan fingerprint density at radius 1 is 1.44 bits per heavy atom. The summed E-state index contributed by atoms with van der Waals surface area (Å²) in [5.41, 5.74) is 0. The summed E-state index contributed by atoms with van der Waals surface area (Å²) in [6.07, 6.45) is 1.05. The zero-order chi connectivity index (χ0) is 13.1. The van der Waals surface area contributed by atoms with E-state index >= 15 is 0 Å².